The number of fused-ring (bicyclic) bond motifs is 4. The zero-order valence-corrected chi connectivity index (χ0v) is 40.1. The molecule has 0 aliphatic heterocycles. The Morgan fingerprint density at radius 1 is 0.535 bits per heavy atom. The van der Waals surface area contributed by atoms with Crippen LogP contribution in [0.15, 0.2) is 183 Å². The maximum Gasteiger partial charge on any atom is 0.212 e. The highest BCUT2D eigenvalue weighted by Crippen LogP contribution is 2.37. The first kappa shape index (κ1) is 44.4. The molecule has 0 aliphatic rings. The van der Waals surface area contributed by atoms with Crippen LogP contribution in [0.1, 0.15) is 33.7 Å². The summed E-state index contributed by atoms with van der Waals surface area (Å²) in [4.78, 5) is 32.9. The van der Waals surface area contributed by atoms with E-state index in [9.17, 15) is 0 Å². The predicted octanol–water partition coefficient (Wildman–Crippen LogP) is 11.7. The van der Waals surface area contributed by atoms with E-state index in [1.54, 1.807) is 38.1 Å². The molecule has 71 heavy (non-hydrogen) atoms. The fraction of sp³-hybridized carbons (Fsp3) is 0.107. The zero-order valence-electron chi connectivity index (χ0n) is 39.3. The lowest BCUT2D eigenvalue weighted by molar-refractivity contribution is 0.397. The Hall–Kier alpha value is -9.08. The lowest BCUT2D eigenvalue weighted by Gasteiger charge is -2.22. The number of pyridine rings is 3. The molecule has 0 bridgehead atoms. The average molecular weight is 950 g/mol. The van der Waals surface area contributed by atoms with Crippen LogP contribution in [-0.2, 0) is 14.1 Å². The zero-order chi connectivity index (χ0) is 48.3. The van der Waals surface area contributed by atoms with Crippen LogP contribution in [0.2, 0.25) is 0 Å². The van der Waals surface area contributed by atoms with E-state index in [0.717, 1.165) is 83.1 Å². The van der Waals surface area contributed by atoms with Crippen molar-refractivity contribution in [1.82, 2.24) is 48.4 Å². The van der Waals surface area contributed by atoms with Crippen LogP contribution in [0.4, 0.5) is 17.2 Å². The van der Waals surface area contributed by atoms with Crippen molar-refractivity contribution in [1.29, 1.82) is 0 Å². The first-order chi connectivity index (χ1) is 34.9. The van der Waals surface area contributed by atoms with Crippen molar-refractivity contribution in [3.63, 3.8) is 0 Å². The molecular weight excluding hydrogens is 903 g/mol. The first-order valence-electron chi connectivity index (χ1n) is 23.0. The van der Waals surface area contributed by atoms with E-state index in [-0.39, 0.29) is 12.1 Å². The second-order valence-corrected chi connectivity index (χ2v) is 17.9. The Morgan fingerprint density at radius 3 is 1.73 bits per heavy atom. The molecule has 0 radical (unpaired) electrons. The minimum atomic E-state index is -0.133. The number of ether oxygens (including phenoxy) is 1. The number of aromatic nitrogens is 10. The summed E-state index contributed by atoms with van der Waals surface area (Å²) in [6.07, 6.45) is 20.2. The molecule has 0 saturated carbocycles. The predicted molar refractivity (Wildman–Crippen MR) is 285 cm³/mol. The van der Waals surface area contributed by atoms with Crippen molar-refractivity contribution in [2.24, 2.45) is 14.1 Å². The Morgan fingerprint density at radius 2 is 1.17 bits per heavy atom. The molecule has 15 heteroatoms. The van der Waals surface area contributed by atoms with Gasteiger partial charge in [-0.1, -0.05) is 30.3 Å². The summed E-state index contributed by atoms with van der Waals surface area (Å²) in [5, 5.41) is 13.0. The number of nitrogens with zero attached hydrogens (tertiary/aromatic N) is 10. The fourth-order valence-corrected chi connectivity index (χ4v) is 9.66. The highest BCUT2D eigenvalue weighted by atomic mass is 32.1. The molecule has 12 rings (SSSR count). The molecule has 0 saturated heterocycles. The van der Waals surface area contributed by atoms with Crippen molar-refractivity contribution >= 4 is 72.6 Å². The molecule has 2 atom stereocenters. The Kier molecular flexibility index (Phi) is 12.2. The van der Waals surface area contributed by atoms with E-state index in [2.05, 4.69) is 170 Å². The van der Waals surface area contributed by atoms with E-state index in [1.165, 1.54) is 33.3 Å². The maximum absolute atomic E-state index is 5.25. The van der Waals surface area contributed by atoms with E-state index in [1.807, 2.05) is 68.2 Å². The minimum absolute atomic E-state index is 0.127. The fourth-order valence-electron chi connectivity index (χ4n) is 9.00. The number of methoxy groups -OCH3 is 1. The summed E-state index contributed by atoms with van der Waals surface area (Å²) in [5.41, 5.74) is 15.0. The number of hydrogen-bond donors (Lipinski definition) is 3. The Labute approximate surface area is 413 Å². The molecule has 0 amide bonds. The van der Waals surface area contributed by atoms with Crippen molar-refractivity contribution in [3.05, 3.63) is 205 Å². The van der Waals surface area contributed by atoms with Crippen LogP contribution in [-0.4, -0.2) is 62.6 Å². The summed E-state index contributed by atoms with van der Waals surface area (Å²) < 4.78 is 13.8. The van der Waals surface area contributed by atoms with Gasteiger partial charge in [-0.05, 0) is 129 Å². The minimum Gasteiger partial charge on any atom is -0.481 e. The van der Waals surface area contributed by atoms with Gasteiger partial charge in [-0.3, -0.25) is 24.9 Å². The van der Waals surface area contributed by atoms with Gasteiger partial charge in [-0.25, -0.2) is 14.3 Å². The lowest BCUT2D eigenvalue weighted by Crippen LogP contribution is -2.13. The summed E-state index contributed by atoms with van der Waals surface area (Å²) in [7, 11) is 7.61. The van der Waals surface area contributed by atoms with E-state index >= 15 is 0 Å². The molecule has 0 fully saturated rings. The topological polar surface area (TPSA) is 158 Å². The normalized spacial score (nSPS) is 12.1. The standard InChI is InChI=1S/C29H25N7.C27H22N6OS/c1-30-27-15-21(7-10-33-27)28(22-4-3-9-31-18-22)35-23-16-24(29-25(17-23)32-11-12-34-29)20-6-5-19-8-13-36(2)26(19)14-20;1-33-12-8-17-3-4-18(13-23(17)33)21-14-20(15-22-27(21)29-11-10-28-22)32-26(24-7-9-31-35-24)19-5-6-25(34-2)30-16-19/h3-18,28,35H,1-2H3,(H,30,33);3-16,26,32H,1-2H3. The molecule has 3 N–H and O–H groups in total. The number of nitrogens with one attached hydrogen (secondary N) is 3. The SMILES string of the molecule is CNc1cc(C(Nc2cc(-c3ccc4ccn(C)c4c3)c3nccnc3c2)c2cccnc2)ccn1.COc1ccc(C(Nc2cc(-c3ccc4ccn(C)c4c3)c3nccnc3c2)c2ccns2)cn1. The number of rotatable bonds is 12. The first-order valence-corrected chi connectivity index (χ1v) is 23.7. The molecular formula is C56H47N13OS. The van der Waals surface area contributed by atoms with Crippen LogP contribution in [0, 0.1) is 0 Å². The third kappa shape index (κ3) is 9.16. The van der Waals surface area contributed by atoms with E-state index in [4.69, 9.17) is 4.74 Å². The maximum atomic E-state index is 5.25. The van der Waals surface area contributed by atoms with Crippen molar-refractivity contribution in [2.75, 3.05) is 30.1 Å². The molecule has 2 unspecified atom stereocenters. The van der Waals surface area contributed by atoms with Gasteiger partial charge < -0.3 is 29.8 Å². The number of benzene rings is 4. The molecule has 0 spiro atoms. The van der Waals surface area contributed by atoms with Crippen LogP contribution in [0.3, 0.4) is 0 Å². The molecule has 4 aromatic carbocycles. The van der Waals surface area contributed by atoms with Crippen molar-refractivity contribution in [2.45, 2.75) is 12.1 Å². The summed E-state index contributed by atoms with van der Waals surface area (Å²) >= 11 is 1.46. The van der Waals surface area contributed by atoms with Gasteiger partial charge in [0, 0.05) is 129 Å². The largest absolute Gasteiger partial charge is 0.481 e. The van der Waals surface area contributed by atoms with E-state index in [0.29, 0.717) is 5.88 Å². The third-order valence-corrected chi connectivity index (χ3v) is 13.4. The quantitative estimate of drug-likeness (QED) is 0.107. The lowest BCUT2D eigenvalue weighted by atomic mass is 9.98. The number of anilines is 3. The average Bonchev–Trinajstić information content (AvgIpc) is 4.20. The number of aryl methyl sites for hydroxylation is 2. The van der Waals surface area contributed by atoms with Gasteiger partial charge in [0.25, 0.3) is 0 Å². The van der Waals surface area contributed by atoms with Crippen LogP contribution in [0.25, 0.3) is 66.1 Å². The second kappa shape index (κ2) is 19.5. The summed E-state index contributed by atoms with van der Waals surface area (Å²) in [6, 6.07) is 39.4. The highest BCUT2D eigenvalue weighted by molar-refractivity contribution is 7.05. The smallest absolute Gasteiger partial charge is 0.212 e. The molecule has 0 aliphatic carbocycles. The van der Waals surface area contributed by atoms with Crippen LogP contribution < -0.4 is 20.7 Å². The van der Waals surface area contributed by atoms with Crippen LogP contribution >= 0.6 is 11.5 Å². The molecule has 348 valence electrons. The van der Waals surface area contributed by atoms with Gasteiger partial charge in [0.15, 0.2) is 0 Å². The Bertz CT molecular complexity index is 3800. The van der Waals surface area contributed by atoms with Crippen molar-refractivity contribution in [3.8, 4) is 28.1 Å². The molecule has 14 nitrogen and oxygen atoms in total. The van der Waals surface area contributed by atoms with Gasteiger partial charge in [0.05, 0.1) is 46.1 Å². The van der Waals surface area contributed by atoms with Gasteiger partial charge in [-0.15, -0.1) is 0 Å². The number of hydrogen-bond acceptors (Lipinski definition) is 13. The van der Waals surface area contributed by atoms with Crippen LogP contribution in [0.5, 0.6) is 5.88 Å². The van der Waals surface area contributed by atoms with Gasteiger partial charge >= 0.3 is 0 Å². The van der Waals surface area contributed by atoms with Gasteiger partial charge in [0.2, 0.25) is 5.88 Å². The molecule has 8 heterocycles. The summed E-state index contributed by atoms with van der Waals surface area (Å²) in [5.74, 6) is 1.39. The summed E-state index contributed by atoms with van der Waals surface area (Å²) in [6.45, 7) is 0. The second-order valence-electron chi connectivity index (χ2n) is 17.0. The van der Waals surface area contributed by atoms with Gasteiger partial charge in [0.1, 0.15) is 5.82 Å². The van der Waals surface area contributed by atoms with Crippen molar-refractivity contribution < 1.29 is 4.74 Å². The monoisotopic (exact) mass is 949 g/mol. The van der Waals surface area contributed by atoms with Gasteiger partial charge in [-0.2, -0.15) is 0 Å². The highest BCUT2D eigenvalue weighted by Gasteiger charge is 2.20. The molecule has 8 aromatic heterocycles. The molecule has 12 aromatic rings. The third-order valence-electron chi connectivity index (χ3n) is 12.6. The Balaban J connectivity index is 0.000000154. The van der Waals surface area contributed by atoms with E-state index < -0.39 is 0 Å².